The Morgan fingerprint density at radius 1 is 1.23 bits per heavy atom. The third-order valence-corrected chi connectivity index (χ3v) is 6.70. The maximum absolute atomic E-state index is 13.1. The number of sulfonamides is 1. The summed E-state index contributed by atoms with van der Waals surface area (Å²) in [5.41, 5.74) is 1.82. The van der Waals surface area contributed by atoms with Gasteiger partial charge in [-0.15, -0.1) is 0 Å². The smallest absolute Gasteiger partial charge is 0.253 e. The van der Waals surface area contributed by atoms with Crippen LogP contribution in [-0.4, -0.2) is 70.6 Å². The zero-order valence-electron chi connectivity index (χ0n) is 18.0. The van der Waals surface area contributed by atoms with Crippen LogP contribution in [0.25, 0.3) is 0 Å². The lowest BCUT2D eigenvalue weighted by atomic mass is 10.1. The molecule has 0 unspecified atom stereocenters. The highest BCUT2D eigenvalue weighted by molar-refractivity contribution is 7.89. The van der Waals surface area contributed by atoms with Crippen LogP contribution in [0.2, 0.25) is 0 Å². The zero-order chi connectivity index (χ0) is 22.4. The number of ether oxygens (including phenoxy) is 2. The highest BCUT2D eigenvalue weighted by atomic mass is 32.2. The maximum atomic E-state index is 13.1. The molecule has 0 aliphatic carbocycles. The van der Waals surface area contributed by atoms with E-state index in [1.165, 1.54) is 26.2 Å². The van der Waals surface area contributed by atoms with Gasteiger partial charge in [0.15, 0.2) is 0 Å². The number of morpholine rings is 1. The molecule has 168 valence electrons. The molecule has 1 N–H and O–H groups in total. The number of nitrogens with one attached hydrogen (secondary N) is 1. The largest absolute Gasteiger partial charge is 0.478 e. The second-order valence-electron chi connectivity index (χ2n) is 7.18. The first kappa shape index (κ1) is 23.0. The topological polar surface area (TPSA) is 101 Å². The van der Waals surface area contributed by atoms with Crippen molar-refractivity contribution >= 4 is 21.6 Å². The number of benzene rings is 1. The molecule has 1 aliphatic heterocycles. The Morgan fingerprint density at radius 2 is 1.97 bits per heavy atom. The van der Waals surface area contributed by atoms with Crippen molar-refractivity contribution in [2.24, 2.45) is 0 Å². The molecule has 2 aromatic rings. The van der Waals surface area contributed by atoms with Crippen molar-refractivity contribution in [2.45, 2.75) is 18.4 Å². The molecule has 31 heavy (non-hydrogen) atoms. The van der Waals surface area contributed by atoms with Gasteiger partial charge in [0, 0.05) is 51.7 Å². The molecule has 0 atom stereocenters. The van der Waals surface area contributed by atoms with Crippen LogP contribution in [0.4, 0.5) is 5.69 Å². The number of nitrogens with zero attached hydrogens (tertiary/aromatic N) is 3. The average molecular weight is 449 g/mol. The minimum atomic E-state index is -3.67. The van der Waals surface area contributed by atoms with Crippen molar-refractivity contribution < 1.29 is 22.7 Å². The van der Waals surface area contributed by atoms with Gasteiger partial charge in [0.1, 0.15) is 0 Å². The molecule has 1 aromatic heterocycles. The minimum Gasteiger partial charge on any atom is -0.478 e. The summed E-state index contributed by atoms with van der Waals surface area (Å²) >= 11 is 0. The molecular weight excluding hydrogens is 420 g/mol. The lowest BCUT2D eigenvalue weighted by Crippen LogP contribution is -2.38. The second kappa shape index (κ2) is 10.1. The Hall–Kier alpha value is -2.69. The molecule has 2 heterocycles. The van der Waals surface area contributed by atoms with E-state index < -0.39 is 10.0 Å². The molecule has 9 nitrogen and oxygen atoms in total. The molecule has 1 saturated heterocycles. The molecule has 10 heteroatoms. The van der Waals surface area contributed by atoms with Crippen LogP contribution in [0.15, 0.2) is 41.4 Å². The van der Waals surface area contributed by atoms with Gasteiger partial charge in [0.25, 0.3) is 5.91 Å². The van der Waals surface area contributed by atoms with Crippen LogP contribution < -0.4 is 15.0 Å². The molecular formula is C21H28N4O5S. The Morgan fingerprint density at radius 3 is 2.65 bits per heavy atom. The fourth-order valence-electron chi connectivity index (χ4n) is 3.21. The fraction of sp³-hybridized carbons (Fsp3) is 0.429. The molecule has 0 spiro atoms. The van der Waals surface area contributed by atoms with Gasteiger partial charge in [0.2, 0.25) is 15.9 Å². The van der Waals surface area contributed by atoms with Gasteiger partial charge in [-0.1, -0.05) is 0 Å². The van der Waals surface area contributed by atoms with Crippen LogP contribution >= 0.6 is 0 Å². The summed E-state index contributed by atoms with van der Waals surface area (Å²) in [7, 11) is -0.749. The number of hydrogen-bond donors (Lipinski definition) is 1. The van der Waals surface area contributed by atoms with Gasteiger partial charge in [0.05, 0.1) is 30.3 Å². The lowest BCUT2D eigenvalue weighted by molar-refractivity contribution is 0.0949. The van der Waals surface area contributed by atoms with Crippen LogP contribution in [0.3, 0.4) is 0 Å². The third-order valence-electron chi connectivity index (χ3n) is 4.89. The number of hydrogen-bond acceptors (Lipinski definition) is 7. The highest BCUT2D eigenvalue weighted by Crippen LogP contribution is 2.26. The SMILES string of the molecule is CCOc1cc(CNC(=O)c2cc(S(=O)(=O)N(C)C)ccc2N2CCOCC2)ccn1. The van der Waals surface area contributed by atoms with E-state index in [-0.39, 0.29) is 17.3 Å². The number of aromatic nitrogens is 1. The van der Waals surface area contributed by atoms with Crippen molar-refractivity contribution in [3.63, 3.8) is 0 Å². The second-order valence-corrected chi connectivity index (χ2v) is 9.34. The summed E-state index contributed by atoms with van der Waals surface area (Å²) in [4.78, 5) is 19.3. The van der Waals surface area contributed by atoms with E-state index >= 15 is 0 Å². The maximum Gasteiger partial charge on any atom is 0.253 e. The van der Waals surface area contributed by atoms with E-state index in [2.05, 4.69) is 10.3 Å². The summed E-state index contributed by atoms with van der Waals surface area (Å²) in [6.45, 7) is 4.99. The Kier molecular flexibility index (Phi) is 7.47. The summed E-state index contributed by atoms with van der Waals surface area (Å²) in [5, 5.41) is 2.88. The van der Waals surface area contributed by atoms with Crippen LogP contribution in [0.5, 0.6) is 5.88 Å². The first-order chi connectivity index (χ1) is 14.8. The molecule has 0 radical (unpaired) electrons. The monoisotopic (exact) mass is 448 g/mol. The molecule has 1 fully saturated rings. The zero-order valence-corrected chi connectivity index (χ0v) is 18.8. The quantitative estimate of drug-likeness (QED) is 0.653. The number of carbonyl (C=O) groups excluding carboxylic acids is 1. The molecule has 1 amide bonds. The van der Waals surface area contributed by atoms with Gasteiger partial charge in [-0.25, -0.2) is 17.7 Å². The van der Waals surface area contributed by atoms with E-state index in [4.69, 9.17) is 9.47 Å². The fourth-order valence-corrected chi connectivity index (χ4v) is 4.14. The molecule has 1 aromatic carbocycles. The van der Waals surface area contributed by atoms with Gasteiger partial charge in [-0.05, 0) is 36.8 Å². The summed E-state index contributed by atoms with van der Waals surface area (Å²) in [5.74, 6) is 0.134. The van der Waals surface area contributed by atoms with E-state index in [0.717, 1.165) is 9.87 Å². The number of anilines is 1. The van der Waals surface area contributed by atoms with E-state index in [1.54, 1.807) is 24.4 Å². The Labute approximate surface area is 183 Å². The highest BCUT2D eigenvalue weighted by Gasteiger charge is 2.24. The molecule has 0 saturated carbocycles. The predicted molar refractivity (Wildman–Crippen MR) is 117 cm³/mol. The van der Waals surface area contributed by atoms with Gasteiger partial charge in [-0.2, -0.15) is 0 Å². The summed E-state index contributed by atoms with van der Waals surface area (Å²) in [6, 6.07) is 8.22. The van der Waals surface area contributed by atoms with Crippen molar-refractivity contribution in [2.75, 3.05) is 51.9 Å². The van der Waals surface area contributed by atoms with Gasteiger partial charge in [-0.3, -0.25) is 4.79 Å². The number of rotatable bonds is 8. The molecule has 3 rings (SSSR count). The minimum absolute atomic E-state index is 0.0715. The standard InChI is InChI=1S/C21H28N4O5S/c1-4-30-20-13-16(7-8-22-20)15-23-21(26)18-14-17(31(27,28)24(2)3)5-6-19(18)25-9-11-29-12-10-25/h5-8,13-14H,4,9-12,15H2,1-3H3,(H,23,26). The first-order valence-electron chi connectivity index (χ1n) is 10.1. The van der Waals surface area contributed by atoms with Crippen molar-refractivity contribution in [1.29, 1.82) is 0 Å². The third kappa shape index (κ3) is 5.52. The normalized spacial score (nSPS) is 14.5. The first-order valence-corrected chi connectivity index (χ1v) is 11.5. The van der Waals surface area contributed by atoms with E-state index in [0.29, 0.717) is 50.0 Å². The van der Waals surface area contributed by atoms with Crippen LogP contribution in [-0.2, 0) is 21.3 Å². The van der Waals surface area contributed by atoms with E-state index in [1.807, 2.05) is 11.8 Å². The van der Waals surface area contributed by atoms with E-state index in [9.17, 15) is 13.2 Å². The average Bonchev–Trinajstić information content (AvgIpc) is 2.78. The Bertz CT molecular complexity index is 1020. The number of pyridine rings is 1. The summed E-state index contributed by atoms with van der Waals surface area (Å²) < 4.78 is 37.2. The molecule has 0 bridgehead atoms. The lowest BCUT2D eigenvalue weighted by Gasteiger charge is -2.30. The Balaban J connectivity index is 1.88. The van der Waals surface area contributed by atoms with Crippen molar-refractivity contribution in [3.05, 3.63) is 47.7 Å². The van der Waals surface area contributed by atoms with Gasteiger partial charge >= 0.3 is 0 Å². The van der Waals surface area contributed by atoms with Gasteiger partial charge < -0.3 is 19.7 Å². The van der Waals surface area contributed by atoms with Crippen molar-refractivity contribution in [3.8, 4) is 5.88 Å². The van der Waals surface area contributed by atoms with Crippen molar-refractivity contribution in [1.82, 2.24) is 14.6 Å². The predicted octanol–water partition coefficient (Wildman–Crippen LogP) is 1.50. The number of amides is 1. The number of carbonyl (C=O) groups is 1. The summed E-state index contributed by atoms with van der Waals surface area (Å²) in [6.07, 6.45) is 1.62. The molecule has 1 aliphatic rings. The van der Waals surface area contributed by atoms with Crippen LogP contribution in [0, 0.1) is 0 Å². The van der Waals surface area contributed by atoms with Crippen LogP contribution in [0.1, 0.15) is 22.8 Å².